The Labute approximate surface area is 164 Å². The van der Waals surface area contributed by atoms with Gasteiger partial charge in [0.1, 0.15) is 0 Å². The van der Waals surface area contributed by atoms with Crippen molar-refractivity contribution in [2.24, 2.45) is 7.05 Å². The molecule has 0 unspecified atom stereocenters. The summed E-state index contributed by atoms with van der Waals surface area (Å²) in [7, 11) is 1.99. The molecule has 1 saturated heterocycles. The zero-order chi connectivity index (χ0) is 19.1. The number of nitrogens with zero attached hydrogens (tertiary/aromatic N) is 2. The van der Waals surface area contributed by atoms with Crippen molar-refractivity contribution in [1.29, 1.82) is 0 Å². The second kappa shape index (κ2) is 6.89. The van der Waals surface area contributed by atoms with Gasteiger partial charge in [0.2, 0.25) is 0 Å². The third-order valence-electron chi connectivity index (χ3n) is 5.80. The maximum Gasteiger partial charge on any atom is 0.256 e. The molecule has 5 heteroatoms. The highest BCUT2D eigenvalue weighted by molar-refractivity contribution is 6.07. The summed E-state index contributed by atoms with van der Waals surface area (Å²) in [6, 6.07) is 14.3. The van der Waals surface area contributed by atoms with Crippen LogP contribution in [0.25, 0.3) is 10.9 Å². The van der Waals surface area contributed by atoms with E-state index in [1.165, 1.54) is 0 Å². The van der Waals surface area contributed by atoms with Crippen molar-refractivity contribution in [3.63, 3.8) is 0 Å². The Kier molecular flexibility index (Phi) is 4.23. The summed E-state index contributed by atoms with van der Waals surface area (Å²) in [5.41, 5.74) is 2.98. The van der Waals surface area contributed by atoms with Crippen LogP contribution in [-0.4, -0.2) is 35.1 Å². The highest BCUT2D eigenvalue weighted by Gasteiger charge is 2.32. The lowest BCUT2D eigenvalue weighted by Crippen LogP contribution is -2.30. The number of hydrogen-bond donors (Lipinski definition) is 0. The van der Waals surface area contributed by atoms with Crippen LogP contribution in [0.5, 0.6) is 11.5 Å². The fourth-order valence-corrected chi connectivity index (χ4v) is 4.41. The molecule has 5 rings (SSSR count). The number of para-hydroxylation sites is 1. The molecule has 144 valence electrons. The Balaban J connectivity index is 1.48. The van der Waals surface area contributed by atoms with Crippen LogP contribution in [0.4, 0.5) is 0 Å². The lowest BCUT2D eigenvalue weighted by molar-refractivity contribution is 0.0737. The summed E-state index contributed by atoms with van der Waals surface area (Å²) in [5, 5.41) is 1.01. The normalized spacial score (nSPS) is 19.0. The van der Waals surface area contributed by atoms with E-state index in [1.807, 2.05) is 47.0 Å². The summed E-state index contributed by atoms with van der Waals surface area (Å²) in [6.07, 6.45) is 4.82. The number of ether oxygens (including phenoxy) is 2. The molecule has 1 fully saturated rings. The van der Waals surface area contributed by atoms with Gasteiger partial charge in [-0.1, -0.05) is 24.3 Å². The SMILES string of the molecule is Cn1cc(C(=O)N2CCC[C@@H]2c2ccc3c(c2)OCCCO3)c2ccccc21. The number of amides is 1. The largest absolute Gasteiger partial charge is 0.490 e. The van der Waals surface area contributed by atoms with Gasteiger partial charge in [0.15, 0.2) is 11.5 Å². The minimum atomic E-state index is 0.0728. The molecule has 1 amide bonds. The lowest BCUT2D eigenvalue weighted by atomic mass is 10.0. The number of fused-ring (bicyclic) bond motifs is 2. The van der Waals surface area contributed by atoms with Crippen LogP contribution < -0.4 is 9.47 Å². The molecule has 3 aromatic rings. The number of rotatable bonds is 2. The van der Waals surface area contributed by atoms with Crippen LogP contribution in [0.3, 0.4) is 0 Å². The van der Waals surface area contributed by atoms with Gasteiger partial charge in [-0.25, -0.2) is 0 Å². The van der Waals surface area contributed by atoms with Crippen LogP contribution in [0, 0.1) is 0 Å². The quantitative estimate of drug-likeness (QED) is 0.669. The highest BCUT2D eigenvalue weighted by atomic mass is 16.5. The van der Waals surface area contributed by atoms with E-state index < -0.39 is 0 Å². The number of carbonyl (C=O) groups is 1. The Morgan fingerprint density at radius 3 is 2.75 bits per heavy atom. The number of likely N-dealkylation sites (tertiary alicyclic amines) is 1. The van der Waals surface area contributed by atoms with Crippen LogP contribution in [0.15, 0.2) is 48.7 Å². The summed E-state index contributed by atoms with van der Waals surface area (Å²) in [4.78, 5) is 15.5. The summed E-state index contributed by atoms with van der Waals surface area (Å²) < 4.78 is 13.6. The van der Waals surface area contributed by atoms with Crippen molar-refractivity contribution in [3.8, 4) is 11.5 Å². The zero-order valence-electron chi connectivity index (χ0n) is 16.1. The number of benzene rings is 2. The smallest absolute Gasteiger partial charge is 0.256 e. The molecule has 2 aliphatic heterocycles. The number of aryl methyl sites for hydroxylation is 1. The van der Waals surface area contributed by atoms with Gasteiger partial charge in [-0.3, -0.25) is 4.79 Å². The van der Waals surface area contributed by atoms with Crippen LogP contribution in [0.2, 0.25) is 0 Å². The molecule has 3 heterocycles. The molecule has 1 aromatic heterocycles. The van der Waals surface area contributed by atoms with E-state index in [0.717, 1.165) is 59.3 Å². The molecule has 2 aromatic carbocycles. The van der Waals surface area contributed by atoms with E-state index in [0.29, 0.717) is 13.2 Å². The van der Waals surface area contributed by atoms with Crippen LogP contribution >= 0.6 is 0 Å². The molecule has 0 radical (unpaired) electrons. The average molecular weight is 376 g/mol. The molecule has 0 aliphatic carbocycles. The van der Waals surface area contributed by atoms with E-state index >= 15 is 0 Å². The van der Waals surface area contributed by atoms with E-state index in [1.54, 1.807) is 0 Å². The second-order valence-electron chi connectivity index (χ2n) is 7.58. The number of aromatic nitrogens is 1. The van der Waals surface area contributed by atoms with Gasteiger partial charge in [-0.05, 0) is 36.6 Å². The van der Waals surface area contributed by atoms with Crippen molar-refractivity contribution in [1.82, 2.24) is 9.47 Å². The van der Waals surface area contributed by atoms with Crippen molar-refractivity contribution in [2.75, 3.05) is 19.8 Å². The molecular weight excluding hydrogens is 352 g/mol. The van der Waals surface area contributed by atoms with E-state index in [2.05, 4.69) is 18.2 Å². The third-order valence-corrected chi connectivity index (χ3v) is 5.80. The molecule has 0 N–H and O–H groups in total. The molecule has 0 bridgehead atoms. The van der Waals surface area contributed by atoms with Gasteiger partial charge in [0.25, 0.3) is 5.91 Å². The van der Waals surface area contributed by atoms with Gasteiger partial charge in [-0.15, -0.1) is 0 Å². The molecular formula is C23H24N2O3. The molecule has 0 spiro atoms. The first-order valence-corrected chi connectivity index (χ1v) is 9.97. The molecule has 1 atom stereocenters. The van der Waals surface area contributed by atoms with Crippen molar-refractivity contribution in [3.05, 3.63) is 59.8 Å². The topological polar surface area (TPSA) is 43.7 Å². The van der Waals surface area contributed by atoms with Crippen LogP contribution in [-0.2, 0) is 7.05 Å². The maximum atomic E-state index is 13.5. The van der Waals surface area contributed by atoms with Crippen molar-refractivity contribution < 1.29 is 14.3 Å². The van der Waals surface area contributed by atoms with Crippen molar-refractivity contribution >= 4 is 16.8 Å². The summed E-state index contributed by atoms with van der Waals surface area (Å²) in [6.45, 7) is 2.13. The molecule has 28 heavy (non-hydrogen) atoms. The first-order valence-electron chi connectivity index (χ1n) is 9.97. The second-order valence-corrected chi connectivity index (χ2v) is 7.58. The number of hydrogen-bond acceptors (Lipinski definition) is 3. The minimum Gasteiger partial charge on any atom is -0.490 e. The van der Waals surface area contributed by atoms with Gasteiger partial charge in [-0.2, -0.15) is 0 Å². The van der Waals surface area contributed by atoms with E-state index in [4.69, 9.17) is 9.47 Å². The minimum absolute atomic E-state index is 0.0728. The molecule has 2 aliphatic rings. The summed E-state index contributed by atoms with van der Waals surface area (Å²) >= 11 is 0. The predicted molar refractivity (Wildman–Crippen MR) is 108 cm³/mol. The fourth-order valence-electron chi connectivity index (χ4n) is 4.41. The third kappa shape index (κ3) is 2.82. The Morgan fingerprint density at radius 1 is 1.04 bits per heavy atom. The van der Waals surface area contributed by atoms with Gasteiger partial charge < -0.3 is 18.9 Å². The Morgan fingerprint density at radius 2 is 1.86 bits per heavy atom. The van der Waals surface area contributed by atoms with Gasteiger partial charge >= 0.3 is 0 Å². The predicted octanol–water partition coefficient (Wildman–Crippen LogP) is 4.32. The maximum absolute atomic E-state index is 13.5. The zero-order valence-corrected chi connectivity index (χ0v) is 16.1. The van der Waals surface area contributed by atoms with Crippen molar-refractivity contribution in [2.45, 2.75) is 25.3 Å². The van der Waals surface area contributed by atoms with Gasteiger partial charge in [0.05, 0.1) is 24.8 Å². The fraction of sp³-hybridized carbons (Fsp3) is 0.348. The van der Waals surface area contributed by atoms with Gasteiger partial charge in [0, 0.05) is 37.1 Å². The van der Waals surface area contributed by atoms with E-state index in [-0.39, 0.29) is 11.9 Å². The standard InChI is InChI=1S/C23H24N2O3/c1-24-15-18(17-6-2-3-7-20(17)24)23(26)25-11-4-8-19(25)16-9-10-21-22(14-16)28-13-5-12-27-21/h2-3,6-7,9-10,14-15,19H,4-5,8,11-13H2,1H3/t19-/m1/s1. The Hall–Kier alpha value is -2.95. The first kappa shape index (κ1) is 17.2. The average Bonchev–Trinajstić information content (AvgIpc) is 3.26. The lowest BCUT2D eigenvalue weighted by Gasteiger charge is -2.25. The summed E-state index contributed by atoms with van der Waals surface area (Å²) in [5.74, 6) is 1.69. The monoisotopic (exact) mass is 376 g/mol. The molecule has 0 saturated carbocycles. The first-order chi connectivity index (χ1) is 13.7. The van der Waals surface area contributed by atoms with Crippen LogP contribution in [0.1, 0.15) is 41.2 Å². The molecule has 5 nitrogen and oxygen atoms in total. The Bertz CT molecular complexity index is 1040. The number of carbonyl (C=O) groups excluding carboxylic acids is 1. The highest BCUT2D eigenvalue weighted by Crippen LogP contribution is 2.39. The van der Waals surface area contributed by atoms with E-state index in [9.17, 15) is 4.79 Å².